The highest BCUT2D eigenvalue weighted by Crippen LogP contribution is 2.19. The summed E-state index contributed by atoms with van der Waals surface area (Å²) >= 11 is 2.15. The topological polar surface area (TPSA) is 79.4 Å². The minimum absolute atomic E-state index is 0.596. The molecule has 6 nitrogen and oxygen atoms in total. The summed E-state index contributed by atoms with van der Waals surface area (Å²) in [7, 11) is 1.28. The Morgan fingerprint density at radius 3 is 2.75 bits per heavy atom. The van der Waals surface area contributed by atoms with Crippen molar-refractivity contribution >= 4 is 34.4 Å². The fourth-order valence-electron chi connectivity index (χ4n) is 1.55. The molecule has 20 heavy (non-hydrogen) atoms. The number of nitrogens with one attached hydrogen (secondary N) is 2. The minimum Gasteiger partial charge on any atom is -0.452 e. The normalized spacial score (nSPS) is 11.2. The molecule has 2 N–H and O–H groups in total. The number of nitrogens with zero attached hydrogens (tertiary/aromatic N) is 2. The molecule has 0 aliphatic rings. The van der Waals surface area contributed by atoms with Crippen LogP contribution in [-0.4, -0.2) is 28.9 Å². The third-order valence-electron chi connectivity index (χ3n) is 2.55. The average molecular weight is 384 g/mol. The van der Waals surface area contributed by atoms with Gasteiger partial charge in [0.2, 0.25) is 0 Å². The first-order chi connectivity index (χ1) is 9.61. The van der Waals surface area contributed by atoms with Crippen molar-refractivity contribution in [1.29, 1.82) is 0 Å². The molecular weight excluding hydrogens is 371 g/mol. The van der Waals surface area contributed by atoms with Gasteiger partial charge in [-0.2, -0.15) is 5.10 Å². The van der Waals surface area contributed by atoms with Gasteiger partial charge in [0.15, 0.2) is 0 Å². The van der Waals surface area contributed by atoms with Gasteiger partial charge in [0.1, 0.15) is 15.2 Å². The molecule has 1 aromatic carbocycles. The van der Waals surface area contributed by atoms with Gasteiger partial charge in [0, 0.05) is 5.56 Å². The fraction of sp³-hybridized carbons (Fsp3) is 0.154. The maximum absolute atomic E-state index is 11.0. The molecule has 0 aliphatic heterocycles. The van der Waals surface area contributed by atoms with Crippen molar-refractivity contribution in [3.05, 3.63) is 39.7 Å². The first-order valence-corrected chi connectivity index (χ1v) is 6.89. The zero-order valence-electron chi connectivity index (χ0n) is 11.0. The van der Waals surface area contributed by atoms with E-state index in [4.69, 9.17) is 0 Å². The van der Waals surface area contributed by atoms with E-state index < -0.39 is 6.09 Å². The van der Waals surface area contributed by atoms with Crippen LogP contribution in [-0.2, 0) is 4.74 Å². The Labute approximate surface area is 129 Å². The van der Waals surface area contributed by atoms with Crippen molar-refractivity contribution < 1.29 is 9.53 Å². The molecule has 0 aliphatic carbocycles. The van der Waals surface area contributed by atoms with Crippen LogP contribution in [0.1, 0.15) is 12.6 Å². The number of ether oxygens (including phenoxy) is 1. The molecule has 2 aromatic rings. The van der Waals surface area contributed by atoms with Gasteiger partial charge in [-0.25, -0.2) is 15.2 Å². The second kappa shape index (κ2) is 6.51. The van der Waals surface area contributed by atoms with E-state index in [1.54, 1.807) is 6.92 Å². The fourth-order valence-corrected chi connectivity index (χ4v) is 2.32. The van der Waals surface area contributed by atoms with Crippen molar-refractivity contribution in [3.63, 3.8) is 0 Å². The predicted molar refractivity (Wildman–Crippen MR) is 84.5 cm³/mol. The summed E-state index contributed by atoms with van der Waals surface area (Å²) in [6.45, 7) is 1.77. The van der Waals surface area contributed by atoms with Gasteiger partial charge in [-0.15, -0.1) is 0 Å². The lowest BCUT2D eigenvalue weighted by Gasteiger charge is -1.99. The highest BCUT2D eigenvalue weighted by atomic mass is 127. The molecule has 0 unspecified atom stereocenters. The van der Waals surface area contributed by atoms with Crippen LogP contribution in [0, 0.1) is 3.70 Å². The van der Waals surface area contributed by atoms with Crippen LogP contribution < -0.4 is 5.43 Å². The smallest absolute Gasteiger partial charge is 0.427 e. The van der Waals surface area contributed by atoms with Gasteiger partial charge < -0.3 is 9.72 Å². The number of rotatable bonds is 3. The van der Waals surface area contributed by atoms with E-state index in [1.165, 1.54) is 7.11 Å². The number of hydrazone groups is 1. The van der Waals surface area contributed by atoms with E-state index >= 15 is 0 Å². The molecule has 0 saturated heterocycles. The second-order valence-corrected chi connectivity index (χ2v) is 4.99. The Balaban J connectivity index is 2.26. The molecule has 0 saturated carbocycles. The first kappa shape index (κ1) is 14.5. The molecule has 0 fully saturated rings. The maximum atomic E-state index is 11.0. The number of hydrogen-bond acceptors (Lipinski definition) is 4. The van der Waals surface area contributed by atoms with E-state index in [9.17, 15) is 4.79 Å². The highest BCUT2D eigenvalue weighted by Gasteiger charge is 2.12. The number of amides is 1. The van der Waals surface area contributed by atoms with E-state index in [-0.39, 0.29) is 0 Å². The summed E-state index contributed by atoms with van der Waals surface area (Å²) in [6, 6.07) is 9.79. The summed E-state index contributed by atoms with van der Waals surface area (Å²) in [6.07, 6.45) is -0.613. The van der Waals surface area contributed by atoms with Gasteiger partial charge in [-0.3, -0.25) is 0 Å². The number of aromatic nitrogens is 2. The molecular formula is C13H13IN4O2. The van der Waals surface area contributed by atoms with E-state index in [2.05, 4.69) is 47.8 Å². The molecule has 0 radical (unpaired) electrons. The van der Waals surface area contributed by atoms with Crippen molar-refractivity contribution in [2.75, 3.05) is 7.11 Å². The zero-order valence-corrected chi connectivity index (χ0v) is 13.1. The number of halogens is 1. The van der Waals surface area contributed by atoms with Crippen molar-refractivity contribution in [2.45, 2.75) is 6.92 Å². The van der Waals surface area contributed by atoms with Gasteiger partial charge in [-0.05, 0) is 29.5 Å². The summed E-state index contributed by atoms with van der Waals surface area (Å²) < 4.78 is 5.31. The number of carbonyl (C=O) groups is 1. The molecule has 1 aromatic heterocycles. The monoisotopic (exact) mass is 384 g/mol. The quantitative estimate of drug-likeness (QED) is 0.485. The SMILES string of the molecule is COC(=O)N/N=C(/C)c1nc(-c2ccccc2)[nH]c1I. The van der Waals surface area contributed by atoms with Crippen molar-refractivity contribution in [2.24, 2.45) is 5.10 Å². The molecule has 0 atom stereocenters. The van der Waals surface area contributed by atoms with Crippen LogP contribution in [0.15, 0.2) is 35.4 Å². The third kappa shape index (κ3) is 3.35. The maximum Gasteiger partial charge on any atom is 0.427 e. The van der Waals surface area contributed by atoms with E-state index in [0.717, 1.165) is 15.1 Å². The van der Waals surface area contributed by atoms with Crippen LogP contribution in [0.2, 0.25) is 0 Å². The van der Waals surface area contributed by atoms with E-state index in [1.807, 2.05) is 30.3 Å². The zero-order chi connectivity index (χ0) is 14.5. The number of H-pyrrole nitrogens is 1. The van der Waals surface area contributed by atoms with Crippen molar-refractivity contribution in [1.82, 2.24) is 15.4 Å². The third-order valence-corrected chi connectivity index (χ3v) is 3.33. The number of aromatic amines is 1. The van der Waals surface area contributed by atoms with Gasteiger partial charge in [-0.1, -0.05) is 30.3 Å². The number of benzene rings is 1. The molecule has 0 spiro atoms. The highest BCUT2D eigenvalue weighted by molar-refractivity contribution is 14.1. The van der Waals surface area contributed by atoms with Crippen LogP contribution in [0.4, 0.5) is 4.79 Å². The number of imidazole rings is 1. The Morgan fingerprint density at radius 2 is 2.10 bits per heavy atom. The summed E-state index contributed by atoms with van der Waals surface area (Å²) in [4.78, 5) is 18.7. The molecule has 2 rings (SSSR count). The standard InChI is InChI=1S/C13H13IN4O2/c1-8(17-18-13(19)20-2)10-11(14)16-12(15-10)9-6-4-3-5-7-9/h3-7H,1-2H3,(H,15,16)(H,18,19)/b17-8-. The Hall–Kier alpha value is -1.90. The largest absolute Gasteiger partial charge is 0.452 e. The van der Waals surface area contributed by atoms with Crippen molar-refractivity contribution in [3.8, 4) is 11.4 Å². The van der Waals surface area contributed by atoms with Gasteiger partial charge >= 0.3 is 6.09 Å². The van der Waals surface area contributed by atoms with Crippen LogP contribution >= 0.6 is 22.6 Å². The van der Waals surface area contributed by atoms with Crippen LogP contribution in [0.3, 0.4) is 0 Å². The molecule has 1 heterocycles. The molecule has 0 bridgehead atoms. The summed E-state index contributed by atoms with van der Waals surface area (Å²) in [5, 5.41) is 3.94. The number of methoxy groups -OCH3 is 1. The summed E-state index contributed by atoms with van der Waals surface area (Å²) in [5.74, 6) is 0.762. The lowest BCUT2D eigenvalue weighted by atomic mass is 10.2. The van der Waals surface area contributed by atoms with Gasteiger partial charge in [0.25, 0.3) is 0 Å². The predicted octanol–water partition coefficient (Wildman–Crippen LogP) is 2.76. The average Bonchev–Trinajstić information content (AvgIpc) is 2.87. The van der Waals surface area contributed by atoms with Gasteiger partial charge in [0.05, 0.1) is 12.8 Å². The summed E-state index contributed by atoms with van der Waals surface area (Å²) in [5.41, 5.74) is 4.56. The first-order valence-electron chi connectivity index (χ1n) is 5.81. The lowest BCUT2D eigenvalue weighted by molar-refractivity contribution is 0.171. The lowest BCUT2D eigenvalue weighted by Crippen LogP contribution is -2.19. The Bertz CT molecular complexity index is 637. The Kier molecular flexibility index (Phi) is 4.72. The van der Waals surface area contributed by atoms with E-state index in [0.29, 0.717) is 11.4 Å². The molecule has 104 valence electrons. The Morgan fingerprint density at radius 1 is 1.40 bits per heavy atom. The molecule has 7 heteroatoms. The van der Waals surface area contributed by atoms with Crippen LogP contribution in [0.25, 0.3) is 11.4 Å². The number of hydrogen-bond donors (Lipinski definition) is 2. The van der Waals surface area contributed by atoms with Crippen LogP contribution in [0.5, 0.6) is 0 Å². The number of carbonyl (C=O) groups excluding carboxylic acids is 1. The second-order valence-electron chi connectivity index (χ2n) is 3.91. The molecule has 1 amide bonds. The minimum atomic E-state index is -0.613.